The fourth-order valence-electron chi connectivity index (χ4n) is 3.78. The van der Waals surface area contributed by atoms with Gasteiger partial charge in [0.2, 0.25) is 10.0 Å². The molecule has 0 saturated carbocycles. The van der Waals surface area contributed by atoms with Gasteiger partial charge in [0.1, 0.15) is 10.6 Å². The van der Waals surface area contributed by atoms with Crippen LogP contribution < -0.4 is 5.32 Å². The fraction of sp³-hybridized carbons (Fsp3) is 0.333. The fourth-order valence-corrected chi connectivity index (χ4v) is 5.31. The number of aromatic nitrogens is 1. The van der Waals surface area contributed by atoms with E-state index in [2.05, 4.69) is 5.32 Å². The molecule has 1 aromatic heterocycles. The van der Waals surface area contributed by atoms with E-state index in [4.69, 9.17) is 4.74 Å². The molecular weight excluding hydrogens is 442 g/mol. The minimum Gasteiger partial charge on any atom is -0.451 e. The van der Waals surface area contributed by atoms with Crippen LogP contribution in [0.3, 0.4) is 0 Å². The van der Waals surface area contributed by atoms with Gasteiger partial charge in [0, 0.05) is 26.3 Å². The topological polar surface area (TPSA) is 97.7 Å². The summed E-state index contributed by atoms with van der Waals surface area (Å²) < 4.78 is 33.2. The van der Waals surface area contributed by atoms with Crippen LogP contribution in [0.1, 0.15) is 42.9 Å². The van der Waals surface area contributed by atoms with Crippen molar-refractivity contribution in [3.63, 3.8) is 0 Å². The summed E-state index contributed by atoms with van der Waals surface area (Å²) in [5, 5.41) is 4.95. The van der Waals surface area contributed by atoms with Gasteiger partial charge in [0.15, 0.2) is 6.61 Å². The second-order valence-electron chi connectivity index (χ2n) is 7.69. The predicted octanol–water partition coefficient (Wildman–Crippen LogP) is 3.24. The van der Waals surface area contributed by atoms with E-state index >= 15 is 0 Å². The number of carbonyl (C=O) groups is 2. The van der Waals surface area contributed by atoms with Crippen molar-refractivity contribution in [1.82, 2.24) is 14.2 Å². The number of benzene rings is 2. The molecule has 33 heavy (non-hydrogen) atoms. The molecule has 1 amide bonds. The number of aryl methyl sites for hydroxylation is 1. The van der Waals surface area contributed by atoms with Crippen LogP contribution in [0.4, 0.5) is 0 Å². The first kappa shape index (κ1) is 24.5. The maximum absolute atomic E-state index is 12.7. The summed E-state index contributed by atoms with van der Waals surface area (Å²) in [4.78, 5) is 24.9. The number of nitrogens with zero attached hydrogens (tertiary/aromatic N) is 2. The molecule has 1 atom stereocenters. The number of fused-ring (bicyclic) bond motifs is 1. The van der Waals surface area contributed by atoms with Crippen molar-refractivity contribution in [2.24, 2.45) is 7.05 Å². The Labute approximate surface area is 194 Å². The Bertz CT molecular complexity index is 1260. The van der Waals surface area contributed by atoms with Gasteiger partial charge >= 0.3 is 5.97 Å². The maximum Gasteiger partial charge on any atom is 0.355 e. The highest BCUT2D eigenvalue weighted by molar-refractivity contribution is 7.89. The number of nitrogens with one attached hydrogen (secondary N) is 1. The molecule has 0 radical (unpaired) electrons. The number of amides is 1. The average molecular weight is 472 g/mol. The second kappa shape index (κ2) is 10.2. The molecule has 0 aliphatic heterocycles. The van der Waals surface area contributed by atoms with Crippen LogP contribution in [0.25, 0.3) is 10.8 Å². The van der Waals surface area contributed by atoms with Gasteiger partial charge in [-0.05, 0) is 29.3 Å². The monoisotopic (exact) mass is 471 g/mol. The van der Waals surface area contributed by atoms with Gasteiger partial charge in [-0.3, -0.25) is 4.79 Å². The lowest BCUT2D eigenvalue weighted by molar-refractivity contribution is -0.124. The van der Waals surface area contributed by atoms with E-state index in [9.17, 15) is 18.0 Å². The van der Waals surface area contributed by atoms with Gasteiger partial charge in [-0.2, -0.15) is 4.31 Å². The van der Waals surface area contributed by atoms with Gasteiger partial charge in [-0.25, -0.2) is 13.2 Å². The van der Waals surface area contributed by atoms with Gasteiger partial charge in [0.05, 0.1) is 6.04 Å². The summed E-state index contributed by atoms with van der Waals surface area (Å²) in [5.41, 5.74) is 1.01. The lowest BCUT2D eigenvalue weighted by Gasteiger charge is -2.17. The van der Waals surface area contributed by atoms with Crippen LogP contribution in [0.15, 0.2) is 59.6 Å². The molecule has 1 heterocycles. The van der Waals surface area contributed by atoms with Crippen LogP contribution in [0.5, 0.6) is 0 Å². The van der Waals surface area contributed by atoms with Crippen molar-refractivity contribution in [2.45, 2.75) is 31.7 Å². The van der Waals surface area contributed by atoms with Crippen molar-refractivity contribution in [2.75, 3.05) is 19.7 Å². The summed E-state index contributed by atoms with van der Waals surface area (Å²) in [6, 6.07) is 14.8. The lowest BCUT2D eigenvalue weighted by Crippen LogP contribution is -2.31. The van der Waals surface area contributed by atoms with E-state index in [0.717, 1.165) is 16.3 Å². The molecule has 0 aliphatic rings. The number of ether oxygens (including phenoxy) is 1. The van der Waals surface area contributed by atoms with E-state index in [1.165, 1.54) is 21.1 Å². The summed E-state index contributed by atoms with van der Waals surface area (Å²) in [5.74, 6) is -1.22. The number of carbonyl (C=O) groups excluding carboxylic acids is 2. The molecule has 2 aromatic carbocycles. The number of rotatable bonds is 9. The van der Waals surface area contributed by atoms with E-state index in [0.29, 0.717) is 13.1 Å². The third-order valence-electron chi connectivity index (χ3n) is 5.53. The summed E-state index contributed by atoms with van der Waals surface area (Å²) in [7, 11) is -2.15. The molecule has 3 aromatic rings. The molecule has 0 saturated heterocycles. The quantitative estimate of drug-likeness (QED) is 0.483. The maximum atomic E-state index is 12.7. The highest BCUT2D eigenvalue weighted by Crippen LogP contribution is 2.24. The minimum absolute atomic E-state index is 0.00896. The molecule has 8 nitrogen and oxygen atoms in total. The van der Waals surface area contributed by atoms with Crippen molar-refractivity contribution in [3.8, 4) is 0 Å². The second-order valence-corrected chi connectivity index (χ2v) is 9.63. The van der Waals surface area contributed by atoms with E-state index < -0.39 is 28.5 Å². The van der Waals surface area contributed by atoms with Gasteiger partial charge in [-0.15, -0.1) is 0 Å². The largest absolute Gasteiger partial charge is 0.451 e. The molecule has 0 bridgehead atoms. The number of sulfonamides is 1. The number of esters is 1. The molecule has 3 rings (SSSR count). The van der Waals surface area contributed by atoms with Gasteiger partial charge in [0.25, 0.3) is 5.91 Å². The summed E-state index contributed by atoms with van der Waals surface area (Å²) in [6.45, 7) is 5.53. The Morgan fingerprint density at radius 3 is 2.45 bits per heavy atom. The minimum atomic E-state index is -3.71. The Morgan fingerprint density at radius 2 is 1.76 bits per heavy atom. The highest BCUT2D eigenvalue weighted by Gasteiger charge is 2.26. The van der Waals surface area contributed by atoms with Gasteiger partial charge < -0.3 is 14.6 Å². The van der Waals surface area contributed by atoms with E-state index in [1.54, 1.807) is 20.9 Å². The van der Waals surface area contributed by atoms with Crippen LogP contribution in [-0.4, -0.2) is 48.9 Å². The number of hydrogen-bond donors (Lipinski definition) is 1. The normalized spacial score (nSPS) is 12.6. The Morgan fingerprint density at radius 1 is 1.09 bits per heavy atom. The Kier molecular flexibility index (Phi) is 7.55. The molecule has 0 aliphatic carbocycles. The van der Waals surface area contributed by atoms with Crippen molar-refractivity contribution < 1.29 is 22.7 Å². The molecular formula is C24H29N3O5S. The summed E-state index contributed by atoms with van der Waals surface area (Å²) >= 11 is 0. The first-order valence-corrected chi connectivity index (χ1v) is 12.2. The lowest BCUT2D eigenvalue weighted by atomic mass is 10.00. The van der Waals surface area contributed by atoms with Crippen molar-refractivity contribution in [3.05, 3.63) is 66.0 Å². The molecule has 9 heteroatoms. The van der Waals surface area contributed by atoms with Crippen LogP contribution in [0, 0.1) is 0 Å². The SMILES string of the molecule is CCN(CC)S(=O)(=O)c1cc(C(=O)OCC(=O)NC(C)c2cccc3ccccc23)n(C)c1. The first-order valence-electron chi connectivity index (χ1n) is 10.8. The van der Waals surface area contributed by atoms with Crippen LogP contribution in [0.2, 0.25) is 0 Å². The molecule has 0 spiro atoms. The zero-order valence-corrected chi connectivity index (χ0v) is 20.1. The predicted molar refractivity (Wildman–Crippen MR) is 126 cm³/mol. The zero-order chi connectivity index (χ0) is 24.2. The van der Waals surface area contributed by atoms with Crippen molar-refractivity contribution >= 4 is 32.7 Å². The Balaban J connectivity index is 1.65. The molecule has 1 N–H and O–H groups in total. The third-order valence-corrected chi connectivity index (χ3v) is 7.55. The average Bonchev–Trinajstić information content (AvgIpc) is 3.20. The van der Waals surface area contributed by atoms with Gasteiger partial charge in [-0.1, -0.05) is 56.3 Å². The van der Waals surface area contributed by atoms with Crippen LogP contribution in [-0.2, 0) is 26.6 Å². The van der Waals surface area contributed by atoms with E-state index in [-0.39, 0.29) is 16.6 Å². The molecule has 176 valence electrons. The van der Waals surface area contributed by atoms with E-state index in [1.807, 2.05) is 49.4 Å². The first-order chi connectivity index (χ1) is 15.7. The Hall–Kier alpha value is -3.17. The van der Waals surface area contributed by atoms with Crippen molar-refractivity contribution in [1.29, 1.82) is 0 Å². The highest BCUT2D eigenvalue weighted by atomic mass is 32.2. The molecule has 0 fully saturated rings. The molecule has 1 unspecified atom stereocenters. The third kappa shape index (κ3) is 5.26. The smallest absolute Gasteiger partial charge is 0.355 e. The standard InChI is InChI=1S/C24H29N3O5S/c1-5-27(6-2)33(30,31)19-14-22(26(4)15-19)24(29)32-16-23(28)25-17(3)20-13-9-11-18-10-7-8-12-21(18)20/h7-15,17H,5-6,16H2,1-4H3,(H,25,28). The van der Waals surface area contributed by atoms with Crippen LogP contribution >= 0.6 is 0 Å². The zero-order valence-electron chi connectivity index (χ0n) is 19.2. The number of hydrogen-bond acceptors (Lipinski definition) is 5. The summed E-state index contributed by atoms with van der Waals surface area (Å²) in [6.07, 6.45) is 1.37.